The van der Waals surface area contributed by atoms with Gasteiger partial charge in [0, 0.05) is 11.6 Å². The molecule has 0 atom stereocenters. The second-order valence-electron chi connectivity index (χ2n) is 5.77. The van der Waals surface area contributed by atoms with Gasteiger partial charge >= 0.3 is 0 Å². The molecule has 0 unspecified atom stereocenters. The van der Waals surface area contributed by atoms with Gasteiger partial charge in [0.2, 0.25) is 0 Å². The maximum absolute atomic E-state index is 12.9. The number of aromatic nitrogens is 1. The van der Waals surface area contributed by atoms with Crippen molar-refractivity contribution in [1.29, 1.82) is 0 Å². The van der Waals surface area contributed by atoms with Crippen LogP contribution in [-0.4, -0.2) is 16.0 Å². The number of hydrogen-bond donors (Lipinski definition) is 0. The molecule has 0 radical (unpaired) electrons. The minimum Gasteiger partial charge on any atom is -0.467 e. The third-order valence-corrected chi connectivity index (χ3v) is 4.80. The van der Waals surface area contributed by atoms with Gasteiger partial charge in [-0.3, -0.25) is 4.79 Å². The number of furan rings is 1. The average Bonchev–Trinajstić information content (AvgIpc) is 3.43. The van der Waals surface area contributed by atoms with E-state index in [0.29, 0.717) is 30.1 Å². The highest BCUT2D eigenvalue weighted by atomic mass is 32.1. The highest BCUT2D eigenvalue weighted by Gasteiger charge is 2.20. The smallest absolute Gasteiger partial charge is 0.254 e. The number of benzene rings is 1. The Labute approximate surface area is 154 Å². The van der Waals surface area contributed by atoms with Crippen molar-refractivity contribution >= 4 is 17.2 Å². The first-order chi connectivity index (χ1) is 12.8. The minimum atomic E-state index is -0.0809. The molecule has 0 aliphatic carbocycles. The molecule has 1 aromatic carbocycles. The molecule has 6 heteroatoms. The largest absolute Gasteiger partial charge is 0.467 e. The molecule has 130 valence electrons. The van der Waals surface area contributed by atoms with E-state index in [4.69, 9.17) is 8.94 Å². The number of thiophene rings is 1. The zero-order valence-electron chi connectivity index (χ0n) is 13.9. The van der Waals surface area contributed by atoms with Gasteiger partial charge in [0.05, 0.1) is 24.2 Å². The van der Waals surface area contributed by atoms with Crippen LogP contribution in [0.3, 0.4) is 0 Å². The fourth-order valence-electron chi connectivity index (χ4n) is 2.67. The van der Waals surface area contributed by atoms with Gasteiger partial charge < -0.3 is 13.8 Å². The lowest BCUT2D eigenvalue weighted by atomic mass is 10.2. The van der Waals surface area contributed by atoms with Crippen LogP contribution in [0.2, 0.25) is 0 Å². The first-order valence-electron chi connectivity index (χ1n) is 8.16. The molecule has 0 aliphatic rings. The molecule has 4 rings (SSSR count). The average molecular weight is 364 g/mol. The Morgan fingerprint density at radius 2 is 1.92 bits per heavy atom. The summed E-state index contributed by atoms with van der Waals surface area (Å²) in [4.78, 5) is 15.6. The first kappa shape index (κ1) is 16.4. The van der Waals surface area contributed by atoms with Crippen LogP contribution in [-0.2, 0) is 13.1 Å². The van der Waals surface area contributed by atoms with Gasteiger partial charge in [0.25, 0.3) is 5.91 Å². The Hall–Kier alpha value is -3.12. The van der Waals surface area contributed by atoms with Gasteiger partial charge in [0.15, 0.2) is 5.76 Å². The van der Waals surface area contributed by atoms with Crippen molar-refractivity contribution in [2.75, 3.05) is 0 Å². The maximum atomic E-state index is 12.9. The maximum Gasteiger partial charge on any atom is 0.254 e. The Morgan fingerprint density at radius 1 is 1.04 bits per heavy atom. The van der Waals surface area contributed by atoms with Crippen LogP contribution in [0.15, 0.2) is 81.2 Å². The molecule has 0 bridgehead atoms. The molecule has 1 amide bonds. The lowest BCUT2D eigenvalue weighted by Gasteiger charge is -2.20. The summed E-state index contributed by atoms with van der Waals surface area (Å²) >= 11 is 1.59. The van der Waals surface area contributed by atoms with Gasteiger partial charge in [-0.2, -0.15) is 0 Å². The number of carbonyl (C=O) groups excluding carboxylic acids is 1. The van der Waals surface area contributed by atoms with Crippen molar-refractivity contribution in [3.63, 3.8) is 0 Å². The number of nitrogens with zero attached hydrogens (tertiary/aromatic N) is 2. The molecule has 4 aromatic rings. The number of carbonyl (C=O) groups is 1. The number of hydrogen-bond acceptors (Lipinski definition) is 5. The van der Waals surface area contributed by atoms with Crippen molar-refractivity contribution in [3.05, 3.63) is 89.3 Å². The van der Waals surface area contributed by atoms with Crippen LogP contribution in [0, 0.1) is 0 Å². The summed E-state index contributed by atoms with van der Waals surface area (Å²) in [6, 6.07) is 18.7. The molecule has 0 saturated carbocycles. The molecular weight excluding hydrogens is 348 g/mol. The fourth-order valence-corrected chi connectivity index (χ4v) is 3.34. The van der Waals surface area contributed by atoms with E-state index < -0.39 is 0 Å². The second-order valence-corrected chi connectivity index (χ2v) is 6.71. The van der Waals surface area contributed by atoms with Gasteiger partial charge in [0.1, 0.15) is 11.5 Å². The Kier molecular flexibility index (Phi) is 4.66. The standard InChI is InChI=1S/C20H16N2O3S/c23-20(15-6-2-1-3-7-15)22(14-17-8-4-10-24-17)13-16-12-18(25-21-16)19-9-5-11-26-19/h1-12H,13-14H2. The van der Waals surface area contributed by atoms with Crippen LogP contribution in [0.4, 0.5) is 0 Å². The molecular formula is C20H16N2O3S. The summed E-state index contributed by atoms with van der Waals surface area (Å²) < 4.78 is 10.8. The summed E-state index contributed by atoms with van der Waals surface area (Å²) in [6.07, 6.45) is 1.60. The van der Waals surface area contributed by atoms with E-state index in [1.807, 2.05) is 53.9 Å². The summed E-state index contributed by atoms with van der Waals surface area (Å²) in [5.74, 6) is 1.35. The Balaban J connectivity index is 1.57. The molecule has 0 saturated heterocycles. The molecule has 0 spiro atoms. The molecule has 0 N–H and O–H groups in total. The van der Waals surface area contributed by atoms with Gasteiger partial charge in [-0.15, -0.1) is 11.3 Å². The van der Waals surface area contributed by atoms with Crippen molar-refractivity contribution in [2.45, 2.75) is 13.1 Å². The predicted octanol–water partition coefficient (Wildman–Crippen LogP) is 4.84. The second kappa shape index (κ2) is 7.41. The van der Waals surface area contributed by atoms with Crippen molar-refractivity contribution in [2.24, 2.45) is 0 Å². The Bertz CT molecular complexity index is 960. The van der Waals surface area contributed by atoms with E-state index in [1.165, 1.54) is 0 Å². The van der Waals surface area contributed by atoms with E-state index in [1.54, 1.807) is 34.6 Å². The van der Waals surface area contributed by atoms with Gasteiger partial charge in [-0.1, -0.05) is 29.4 Å². The highest BCUT2D eigenvalue weighted by Crippen LogP contribution is 2.26. The van der Waals surface area contributed by atoms with Crippen molar-refractivity contribution in [3.8, 4) is 10.6 Å². The summed E-state index contributed by atoms with van der Waals surface area (Å²) in [6.45, 7) is 0.700. The van der Waals surface area contributed by atoms with Crippen LogP contribution in [0.5, 0.6) is 0 Å². The zero-order chi connectivity index (χ0) is 17.8. The molecule has 0 fully saturated rings. The Morgan fingerprint density at radius 3 is 2.65 bits per heavy atom. The molecule has 3 heterocycles. The number of rotatable bonds is 6. The van der Waals surface area contributed by atoms with Crippen molar-refractivity contribution in [1.82, 2.24) is 10.1 Å². The van der Waals surface area contributed by atoms with Crippen molar-refractivity contribution < 1.29 is 13.7 Å². The third kappa shape index (κ3) is 3.60. The predicted molar refractivity (Wildman–Crippen MR) is 98.5 cm³/mol. The normalized spacial score (nSPS) is 10.8. The van der Waals surface area contributed by atoms with E-state index in [2.05, 4.69) is 5.16 Å². The molecule has 5 nitrogen and oxygen atoms in total. The minimum absolute atomic E-state index is 0.0809. The lowest BCUT2D eigenvalue weighted by molar-refractivity contribution is 0.0714. The highest BCUT2D eigenvalue weighted by molar-refractivity contribution is 7.13. The summed E-state index contributed by atoms with van der Waals surface area (Å²) in [5, 5.41) is 6.11. The SMILES string of the molecule is O=C(c1ccccc1)N(Cc1cc(-c2cccs2)on1)Cc1ccco1. The fraction of sp³-hybridized carbons (Fsp3) is 0.100. The van der Waals surface area contributed by atoms with E-state index in [0.717, 1.165) is 10.6 Å². The molecule has 3 aromatic heterocycles. The van der Waals surface area contributed by atoms with Crippen LogP contribution >= 0.6 is 11.3 Å². The van der Waals surface area contributed by atoms with E-state index >= 15 is 0 Å². The van der Waals surface area contributed by atoms with Crippen LogP contribution in [0.1, 0.15) is 21.8 Å². The monoisotopic (exact) mass is 364 g/mol. The van der Waals surface area contributed by atoms with Crippen LogP contribution in [0.25, 0.3) is 10.6 Å². The van der Waals surface area contributed by atoms with Crippen LogP contribution < -0.4 is 0 Å². The zero-order valence-corrected chi connectivity index (χ0v) is 14.7. The topological polar surface area (TPSA) is 59.5 Å². The van der Waals surface area contributed by atoms with Gasteiger partial charge in [-0.05, 0) is 35.7 Å². The summed E-state index contributed by atoms with van der Waals surface area (Å²) in [5.41, 5.74) is 1.32. The van der Waals surface area contributed by atoms with E-state index in [-0.39, 0.29) is 5.91 Å². The number of amides is 1. The summed E-state index contributed by atoms with van der Waals surface area (Å²) in [7, 11) is 0. The molecule has 0 aliphatic heterocycles. The lowest BCUT2D eigenvalue weighted by Crippen LogP contribution is -2.30. The van der Waals surface area contributed by atoms with Gasteiger partial charge in [-0.25, -0.2) is 0 Å². The third-order valence-electron chi connectivity index (χ3n) is 3.91. The molecule has 26 heavy (non-hydrogen) atoms. The van der Waals surface area contributed by atoms with E-state index in [9.17, 15) is 4.79 Å². The first-order valence-corrected chi connectivity index (χ1v) is 9.04. The quantitative estimate of drug-likeness (QED) is 0.491.